The summed E-state index contributed by atoms with van der Waals surface area (Å²) in [6.07, 6.45) is 16.8. The molecule has 0 heterocycles. The number of unbranched alkanes of at least 4 members (excludes halogenated alkanes) is 11. The van der Waals surface area contributed by atoms with Crippen molar-refractivity contribution in [3.8, 4) is 0 Å². The van der Waals surface area contributed by atoms with E-state index in [0.29, 0.717) is 13.0 Å². The van der Waals surface area contributed by atoms with Gasteiger partial charge in [-0.15, -0.1) is 0 Å². The Balaban J connectivity index is 0. The second kappa shape index (κ2) is 24.1. The molecule has 0 radical (unpaired) electrons. The van der Waals surface area contributed by atoms with Crippen molar-refractivity contribution >= 4 is 10.4 Å². The molecule has 0 aliphatic heterocycles. The first-order valence-corrected chi connectivity index (χ1v) is 13.2. The summed E-state index contributed by atoms with van der Waals surface area (Å²) in [5.74, 6) is 0. The highest BCUT2D eigenvalue weighted by Crippen LogP contribution is 2.10. The van der Waals surface area contributed by atoms with Crippen molar-refractivity contribution in [2.45, 2.75) is 111 Å². The van der Waals surface area contributed by atoms with Gasteiger partial charge in [-0.1, -0.05) is 91.4 Å². The van der Waals surface area contributed by atoms with E-state index in [1.54, 1.807) is 0 Å². The molecule has 0 aromatic heterocycles. The van der Waals surface area contributed by atoms with Gasteiger partial charge in [-0.25, -0.2) is 4.18 Å². The van der Waals surface area contributed by atoms with E-state index in [-0.39, 0.29) is 6.61 Å². The van der Waals surface area contributed by atoms with E-state index in [1.165, 1.54) is 70.6 Å². The Labute approximate surface area is 181 Å². The first-order chi connectivity index (χ1) is 13.9. The Morgan fingerprint density at radius 3 is 1.45 bits per heavy atom. The van der Waals surface area contributed by atoms with Gasteiger partial charge in [0.05, 0.1) is 13.2 Å². The van der Waals surface area contributed by atoms with Gasteiger partial charge in [-0.2, -0.15) is 8.42 Å². The Hall–Kier alpha value is -0.210. The number of nitrogens with zero attached hydrogens (tertiary/aromatic N) is 1. The molecule has 0 aliphatic carbocycles. The van der Waals surface area contributed by atoms with Crippen molar-refractivity contribution in [2.24, 2.45) is 0 Å². The van der Waals surface area contributed by atoms with Crippen LogP contribution in [0.2, 0.25) is 0 Å². The molecule has 0 amide bonds. The zero-order valence-electron chi connectivity index (χ0n) is 19.4. The second-order valence-corrected chi connectivity index (χ2v) is 8.80. The van der Waals surface area contributed by atoms with Crippen LogP contribution < -0.4 is 0 Å². The molecule has 7 heteroatoms. The number of hydrogen-bond acceptors (Lipinski definition) is 5. The van der Waals surface area contributed by atoms with Crippen LogP contribution in [0.5, 0.6) is 0 Å². The SMILES string of the molecule is CCCCCCCCCCCCOS(=O)(=O)O.CCCCN(CCO)CCCC. The van der Waals surface area contributed by atoms with Gasteiger partial charge < -0.3 is 10.0 Å². The zero-order valence-corrected chi connectivity index (χ0v) is 20.2. The average Bonchev–Trinajstić information content (AvgIpc) is 2.68. The number of aliphatic hydroxyl groups is 1. The third-order valence-electron chi connectivity index (χ3n) is 4.80. The van der Waals surface area contributed by atoms with Gasteiger partial charge in [0.2, 0.25) is 0 Å². The Bertz CT molecular complexity index is 396. The molecule has 0 atom stereocenters. The van der Waals surface area contributed by atoms with Gasteiger partial charge in [0.1, 0.15) is 0 Å². The maximum atomic E-state index is 10.2. The predicted octanol–water partition coefficient (Wildman–Crippen LogP) is 5.61. The second-order valence-electron chi connectivity index (χ2n) is 7.70. The lowest BCUT2D eigenvalue weighted by atomic mass is 10.1. The van der Waals surface area contributed by atoms with E-state index < -0.39 is 10.4 Å². The van der Waals surface area contributed by atoms with Crippen LogP contribution in [-0.4, -0.2) is 55.8 Å². The van der Waals surface area contributed by atoms with Crippen LogP contribution in [0, 0.1) is 0 Å². The first kappa shape index (κ1) is 31.0. The summed E-state index contributed by atoms with van der Waals surface area (Å²) in [5.41, 5.74) is 0. The molecule has 0 saturated carbocycles. The van der Waals surface area contributed by atoms with E-state index in [9.17, 15) is 8.42 Å². The van der Waals surface area contributed by atoms with E-state index in [1.807, 2.05) is 0 Å². The summed E-state index contributed by atoms with van der Waals surface area (Å²) in [6.45, 7) is 10.2. The highest BCUT2D eigenvalue weighted by atomic mass is 32.3. The largest absolute Gasteiger partial charge is 0.397 e. The van der Waals surface area contributed by atoms with Crippen LogP contribution in [0.25, 0.3) is 0 Å². The summed E-state index contributed by atoms with van der Waals surface area (Å²) in [6, 6.07) is 0. The molecule has 0 saturated heterocycles. The monoisotopic (exact) mass is 439 g/mol. The van der Waals surface area contributed by atoms with Crippen LogP contribution in [-0.2, 0) is 14.6 Å². The highest BCUT2D eigenvalue weighted by molar-refractivity contribution is 7.80. The Morgan fingerprint density at radius 2 is 1.07 bits per heavy atom. The van der Waals surface area contributed by atoms with Gasteiger partial charge >= 0.3 is 10.4 Å². The van der Waals surface area contributed by atoms with Crippen LogP contribution in [0.15, 0.2) is 0 Å². The van der Waals surface area contributed by atoms with E-state index in [2.05, 4.69) is 29.9 Å². The van der Waals surface area contributed by atoms with Gasteiger partial charge in [0, 0.05) is 6.54 Å². The van der Waals surface area contributed by atoms with E-state index in [4.69, 9.17) is 9.66 Å². The molecule has 0 fully saturated rings. The van der Waals surface area contributed by atoms with Crippen LogP contribution in [0.1, 0.15) is 111 Å². The average molecular weight is 440 g/mol. The first-order valence-electron chi connectivity index (χ1n) is 11.9. The van der Waals surface area contributed by atoms with E-state index >= 15 is 0 Å². The third-order valence-corrected chi connectivity index (χ3v) is 5.27. The van der Waals surface area contributed by atoms with Crippen LogP contribution >= 0.6 is 0 Å². The molecule has 0 aromatic rings. The lowest BCUT2D eigenvalue weighted by Gasteiger charge is -2.20. The van der Waals surface area contributed by atoms with Crippen molar-refractivity contribution in [2.75, 3.05) is 32.8 Å². The van der Waals surface area contributed by atoms with E-state index in [0.717, 1.165) is 32.5 Å². The van der Waals surface area contributed by atoms with Gasteiger partial charge in [-0.05, 0) is 32.4 Å². The molecule has 0 unspecified atom stereocenters. The summed E-state index contributed by atoms with van der Waals surface area (Å²) in [4.78, 5) is 2.35. The molecule has 29 heavy (non-hydrogen) atoms. The smallest absolute Gasteiger partial charge is 0.395 e. The minimum atomic E-state index is -4.23. The quantitative estimate of drug-likeness (QED) is 0.189. The van der Waals surface area contributed by atoms with Gasteiger partial charge in [0.15, 0.2) is 0 Å². The fourth-order valence-electron chi connectivity index (χ4n) is 2.99. The molecular weight excluding hydrogens is 390 g/mol. The maximum absolute atomic E-state index is 10.2. The fraction of sp³-hybridized carbons (Fsp3) is 1.00. The summed E-state index contributed by atoms with van der Waals surface area (Å²) in [5, 5.41) is 8.79. The van der Waals surface area contributed by atoms with Crippen molar-refractivity contribution in [1.82, 2.24) is 4.90 Å². The number of aliphatic hydroxyl groups excluding tert-OH is 1. The molecule has 6 nitrogen and oxygen atoms in total. The highest BCUT2D eigenvalue weighted by Gasteiger charge is 2.03. The van der Waals surface area contributed by atoms with Crippen molar-refractivity contribution in [1.29, 1.82) is 0 Å². The maximum Gasteiger partial charge on any atom is 0.397 e. The summed E-state index contributed by atoms with van der Waals surface area (Å²) in [7, 11) is -4.23. The van der Waals surface area contributed by atoms with Crippen molar-refractivity contribution < 1.29 is 22.3 Å². The fourth-order valence-corrected chi connectivity index (χ4v) is 3.32. The van der Waals surface area contributed by atoms with Crippen LogP contribution in [0.3, 0.4) is 0 Å². The molecular formula is C22H49NO5S. The van der Waals surface area contributed by atoms with Gasteiger partial charge in [-0.3, -0.25) is 4.55 Å². The summed E-state index contributed by atoms with van der Waals surface area (Å²) >= 11 is 0. The number of hydrogen-bond donors (Lipinski definition) is 2. The molecule has 0 aliphatic rings. The molecule has 0 rings (SSSR count). The third kappa shape index (κ3) is 30.1. The Morgan fingerprint density at radius 1 is 0.655 bits per heavy atom. The molecule has 178 valence electrons. The lowest BCUT2D eigenvalue weighted by Crippen LogP contribution is -2.28. The standard InChI is InChI=1S/C12H26O4S.C10H23NO/c1-2-3-4-5-6-7-8-9-10-11-12-16-17(13,14)15;1-3-5-7-11(9-10-12)8-6-4-2/h2-12H2,1H3,(H,13,14,15);12H,3-10H2,1-2H3. The van der Waals surface area contributed by atoms with Crippen molar-refractivity contribution in [3.63, 3.8) is 0 Å². The summed E-state index contributed by atoms with van der Waals surface area (Å²) < 4.78 is 33.0. The normalized spacial score (nSPS) is 11.5. The van der Waals surface area contributed by atoms with Crippen LogP contribution in [0.4, 0.5) is 0 Å². The molecule has 0 aromatic carbocycles. The minimum absolute atomic E-state index is 0.0926. The predicted molar refractivity (Wildman–Crippen MR) is 123 cm³/mol. The molecule has 0 bridgehead atoms. The Kier molecular flexibility index (Phi) is 25.7. The van der Waals surface area contributed by atoms with Crippen molar-refractivity contribution in [3.05, 3.63) is 0 Å². The number of rotatable bonds is 20. The lowest BCUT2D eigenvalue weighted by molar-refractivity contribution is 0.192. The topological polar surface area (TPSA) is 87.1 Å². The molecule has 0 spiro atoms. The van der Waals surface area contributed by atoms with Gasteiger partial charge in [0.25, 0.3) is 0 Å². The minimum Gasteiger partial charge on any atom is -0.395 e. The zero-order chi connectivity index (χ0) is 22.2. The molecule has 2 N–H and O–H groups in total.